The van der Waals surface area contributed by atoms with Gasteiger partial charge in [0.2, 0.25) is 0 Å². The molecule has 0 aromatic heterocycles. The third-order valence-electron chi connectivity index (χ3n) is 9.46. The fraction of sp³-hybridized carbons (Fsp3) is 0.543. The zero-order valence-corrected chi connectivity index (χ0v) is 27.6. The quantitative estimate of drug-likeness (QED) is 0.221. The summed E-state index contributed by atoms with van der Waals surface area (Å²) in [6, 6.07) is 13.8. The molecule has 0 N–H and O–H groups in total. The van der Waals surface area contributed by atoms with Gasteiger partial charge >= 0.3 is 0 Å². The summed E-state index contributed by atoms with van der Waals surface area (Å²) < 4.78 is 0. The van der Waals surface area contributed by atoms with Gasteiger partial charge in [-0.2, -0.15) is 0 Å². The molecular weight excluding hydrogens is 477 g/mol. The molecule has 0 saturated heterocycles. The molecule has 0 radical (unpaired) electrons. The highest BCUT2D eigenvalue weighted by molar-refractivity contribution is 6.91. The maximum Gasteiger partial charge on any atom is 0.146 e. The van der Waals surface area contributed by atoms with Crippen LogP contribution < -0.4 is 0 Å². The molecule has 0 aliphatic heterocycles. The minimum absolute atomic E-state index is 0.655. The Hall–Kier alpha value is -2.01. The van der Waals surface area contributed by atoms with Gasteiger partial charge in [0.25, 0.3) is 0 Å². The third kappa shape index (κ3) is 5.44. The first-order valence-electron chi connectivity index (χ1n) is 14.6. The first-order valence-corrected chi connectivity index (χ1v) is 19.1. The molecule has 37 heavy (non-hydrogen) atoms. The van der Waals surface area contributed by atoms with Crippen LogP contribution in [0.15, 0.2) is 36.4 Å². The van der Waals surface area contributed by atoms with Crippen LogP contribution in [-0.2, 0) is 6.42 Å². The van der Waals surface area contributed by atoms with Gasteiger partial charge in [-0.3, -0.25) is 0 Å². The highest BCUT2D eigenvalue weighted by atomic mass is 28.3. The molecule has 2 aromatic rings. The van der Waals surface area contributed by atoms with E-state index in [1.807, 2.05) is 0 Å². The van der Waals surface area contributed by atoms with Gasteiger partial charge < -0.3 is 0 Å². The van der Waals surface area contributed by atoms with Crippen LogP contribution in [0, 0.1) is 22.9 Å². The standard InChI is InChI=1S/C35H50Si2/c1-24(2)36(25(3)4,26(5)6)19-17-30-13-15-34-32(21-30)23-33-22-31(14-16-35(33)34)18-20-37(27(7)8,28(9)10)29(11)12/h13-16,21-22,24-29H,23H2,1-12H3. The first kappa shape index (κ1) is 29.5. The summed E-state index contributed by atoms with van der Waals surface area (Å²) in [5.41, 5.74) is 19.6. The fourth-order valence-corrected chi connectivity index (χ4v) is 18.0. The minimum atomic E-state index is -1.73. The molecule has 0 amide bonds. The summed E-state index contributed by atoms with van der Waals surface area (Å²) in [5.74, 6) is 7.32. The van der Waals surface area contributed by atoms with Crippen LogP contribution in [0.3, 0.4) is 0 Å². The van der Waals surface area contributed by atoms with E-state index in [2.05, 4.69) is 142 Å². The molecule has 0 spiro atoms. The van der Waals surface area contributed by atoms with Crippen LogP contribution in [0.25, 0.3) is 11.1 Å². The van der Waals surface area contributed by atoms with Crippen LogP contribution in [0.1, 0.15) is 105 Å². The topological polar surface area (TPSA) is 0 Å². The molecule has 0 atom stereocenters. The van der Waals surface area contributed by atoms with E-state index < -0.39 is 16.1 Å². The number of rotatable bonds is 6. The molecule has 0 saturated carbocycles. The van der Waals surface area contributed by atoms with Gasteiger partial charge in [-0.25, -0.2) is 0 Å². The zero-order chi connectivity index (χ0) is 27.7. The van der Waals surface area contributed by atoms with Gasteiger partial charge in [-0.05, 0) is 86.2 Å². The van der Waals surface area contributed by atoms with Gasteiger partial charge in [0.1, 0.15) is 16.1 Å². The Labute approximate surface area is 231 Å². The first-order chi connectivity index (χ1) is 17.3. The second-order valence-corrected chi connectivity index (χ2v) is 24.4. The van der Waals surface area contributed by atoms with Crippen LogP contribution in [0.5, 0.6) is 0 Å². The average Bonchev–Trinajstić information content (AvgIpc) is 3.15. The highest BCUT2D eigenvalue weighted by Crippen LogP contribution is 2.42. The molecule has 0 fully saturated rings. The summed E-state index contributed by atoms with van der Waals surface area (Å²) in [5, 5.41) is 0. The van der Waals surface area contributed by atoms with Crippen molar-refractivity contribution in [3.8, 4) is 34.1 Å². The maximum atomic E-state index is 3.90. The van der Waals surface area contributed by atoms with E-state index in [1.54, 1.807) is 0 Å². The Balaban J connectivity index is 1.94. The molecule has 1 aliphatic rings. The molecule has 0 heterocycles. The van der Waals surface area contributed by atoms with Crippen molar-refractivity contribution in [2.45, 2.75) is 123 Å². The van der Waals surface area contributed by atoms with Crippen LogP contribution in [-0.4, -0.2) is 16.1 Å². The summed E-state index contributed by atoms with van der Waals surface area (Å²) in [6.07, 6.45) is 0.984. The lowest BCUT2D eigenvalue weighted by atomic mass is 10.0. The Morgan fingerprint density at radius 2 is 0.784 bits per heavy atom. The van der Waals surface area contributed by atoms with Gasteiger partial charge in [0, 0.05) is 11.1 Å². The Kier molecular flexibility index (Phi) is 9.10. The second kappa shape index (κ2) is 11.4. The number of benzene rings is 2. The summed E-state index contributed by atoms with van der Waals surface area (Å²) in [4.78, 5) is 0. The van der Waals surface area contributed by atoms with Crippen LogP contribution in [0.4, 0.5) is 0 Å². The largest absolute Gasteiger partial charge is 0.146 e. The average molecular weight is 527 g/mol. The van der Waals surface area contributed by atoms with E-state index in [0.29, 0.717) is 33.2 Å². The molecule has 0 unspecified atom stereocenters. The monoisotopic (exact) mass is 526 g/mol. The lowest BCUT2D eigenvalue weighted by Crippen LogP contribution is -2.43. The zero-order valence-electron chi connectivity index (χ0n) is 25.6. The summed E-state index contributed by atoms with van der Waals surface area (Å²) in [7, 11) is -3.46. The van der Waals surface area contributed by atoms with E-state index in [0.717, 1.165) is 6.42 Å². The van der Waals surface area contributed by atoms with Crippen molar-refractivity contribution in [2.24, 2.45) is 0 Å². The van der Waals surface area contributed by atoms with Crippen molar-refractivity contribution >= 4 is 16.1 Å². The van der Waals surface area contributed by atoms with E-state index in [4.69, 9.17) is 0 Å². The molecule has 198 valence electrons. The number of fused-ring (bicyclic) bond motifs is 3. The third-order valence-corrected chi connectivity index (χ3v) is 22.0. The predicted molar refractivity (Wildman–Crippen MR) is 171 cm³/mol. The second-order valence-electron chi connectivity index (χ2n) is 13.2. The molecule has 1 aliphatic carbocycles. The molecule has 0 nitrogen and oxygen atoms in total. The number of hydrogen-bond acceptors (Lipinski definition) is 0. The Bertz CT molecular complexity index is 1090. The lowest BCUT2D eigenvalue weighted by Gasteiger charge is -2.38. The van der Waals surface area contributed by atoms with Gasteiger partial charge in [-0.15, -0.1) is 11.1 Å². The lowest BCUT2D eigenvalue weighted by molar-refractivity contribution is 0.838. The summed E-state index contributed by atoms with van der Waals surface area (Å²) in [6.45, 7) is 28.6. The van der Waals surface area contributed by atoms with E-state index in [9.17, 15) is 0 Å². The minimum Gasteiger partial charge on any atom is -0.125 e. The Morgan fingerprint density at radius 1 is 0.486 bits per heavy atom. The maximum absolute atomic E-state index is 3.90. The van der Waals surface area contributed by atoms with Gasteiger partial charge in [0.15, 0.2) is 0 Å². The summed E-state index contributed by atoms with van der Waals surface area (Å²) >= 11 is 0. The van der Waals surface area contributed by atoms with Crippen LogP contribution in [0.2, 0.25) is 33.2 Å². The smallest absolute Gasteiger partial charge is 0.125 e. The van der Waals surface area contributed by atoms with Crippen molar-refractivity contribution in [1.82, 2.24) is 0 Å². The van der Waals surface area contributed by atoms with Crippen molar-refractivity contribution in [2.75, 3.05) is 0 Å². The van der Waals surface area contributed by atoms with Crippen molar-refractivity contribution in [3.63, 3.8) is 0 Å². The van der Waals surface area contributed by atoms with Gasteiger partial charge in [0.05, 0.1) is 0 Å². The van der Waals surface area contributed by atoms with Crippen LogP contribution >= 0.6 is 0 Å². The van der Waals surface area contributed by atoms with Gasteiger partial charge in [-0.1, -0.05) is 107 Å². The Morgan fingerprint density at radius 3 is 1.05 bits per heavy atom. The van der Waals surface area contributed by atoms with Crippen molar-refractivity contribution in [3.05, 3.63) is 58.7 Å². The van der Waals surface area contributed by atoms with Crippen molar-refractivity contribution < 1.29 is 0 Å². The number of hydrogen-bond donors (Lipinski definition) is 0. The fourth-order valence-electron chi connectivity index (χ4n) is 7.59. The SMILES string of the molecule is CC(C)[Si](C#Cc1ccc2c(c1)Cc1cc(C#C[Si](C(C)C)(C(C)C)C(C)C)ccc1-2)(C(C)C)C(C)C. The predicted octanol–water partition coefficient (Wildman–Crippen LogP) is 10.4. The van der Waals surface area contributed by atoms with Crippen molar-refractivity contribution in [1.29, 1.82) is 0 Å². The molecule has 3 rings (SSSR count). The highest BCUT2D eigenvalue weighted by Gasteiger charge is 2.42. The normalized spacial score (nSPS) is 13.2. The van der Waals surface area contributed by atoms with E-state index in [-0.39, 0.29) is 0 Å². The molecule has 2 aromatic carbocycles. The molecular formula is C35H50Si2. The molecule has 2 heteroatoms. The molecule has 0 bridgehead atoms. The van der Waals surface area contributed by atoms with E-state index >= 15 is 0 Å². The van der Waals surface area contributed by atoms with E-state index in [1.165, 1.54) is 33.4 Å².